The van der Waals surface area contributed by atoms with Gasteiger partial charge in [0, 0.05) is 27.1 Å². The van der Waals surface area contributed by atoms with Crippen molar-refractivity contribution in [2.75, 3.05) is 0 Å². The lowest BCUT2D eigenvalue weighted by molar-refractivity contribution is 1.40. The highest BCUT2D eigenvalue weighted by Crippen LogP contribution is 2.35. The Bertz CT molecular complexity index is 1220. The van der Waals surface area contributed by atoms with Crippen molar-refractivity contribution in [3.05, 3.63) is 90.0 Å². The molecule has 2 nitrogen and oxygen atoms in total. The number of benzene rings is 3. The molecule has 0 unspecified atom stereocenters. The first-order valence-corrected chi connectivity index (χ1v) is 8.90. The molecular formula is C23H15ClN2. The van der Waals surface area contributed by atoms with Gasteiger partial charge in [0.1, 0.15) is 0 Å². The van der Waals surface area contributed by atoms with E-state index in [0.29, 0.717) is 0 Å². The summed E-state index contributed by atoms with van der Waals surface area (Å²) in [5.41, 5.74) is 7.47. The molecule has 0 saturated heterocycles. The Labute approximate surface area is 156 Å². The second kappa shape index (κ2) is 6.01. The summed E-state index contributed by atoms with van der Waals surface area (Å²) in [4.78, 5) is 8.52. The molecule has 3 aromatic carbocycles. The van der Waals surface area contributed by atoms with E-state index in [4.69, 9.17) is 16.6 Å². The van der Waals surface area contributed by atoms with Gasteiger partial charge in [0.2, 0.25) is 0 Å². The van der Waals surface area contributed by atoms with Gasteiger partial charge < -0.3 is 4.98 Å². The second-order valence-corrected chi connectivity index (χ2v) is 6.76. The van der Waals surface area contributed by atoms with E-state index in [1.54, 1.807) is 0 Å². The lowest BCUT2D eigenvalue weighted by Crippen LogP contribution is -1.88. The molecule has 1 N–H and O–H groups in total. The van der Waals surface area contributed by atoms with Gasteiger partial charge in [-0.1, -0.05) is 72.3 Å². The third-order valence-electron chi connectivity index (χ3n) is 4.69. The summed E-state index contributed by atoms with van der Waals surface area (Å²) in [7, 11) is 0. The molecule has 5 aromatic rings. The van der Waals surface area contributed by atoms with Gasteiger partial charge in [0.15, 0.2) is 0 Å². The number of hydrogen-bond donors (Lipinski definition) is 1. The van der Waals surface area contributed by atoms with Crippen LogP contribution >= 0.6 is 11.6 Å². The van der Waals surface area contributed by atoms with Gasteiger partial charge in [-0.2, -0.15) is 0 Å². The summed E-state index contributed by atoms with van der Waals surface area (Å²) in [6.45, 7) is 0. The summed E-state index contributed by atoms with van der Waals surface area (Å²) in [5, 5.41) is 1.86. The number of pyridine rings is 1. The molecule has 5 rings (SSSR count). The summed E-state index contributed by atoms with van der Waals surface area (Å²) in [6, 6.07) is 28.7. The molecular weight excluding hydrogens is 340 g/mol. The number of para-hydroxylation sites is 1. The van der Waals surface area contributed by atoms with Gasteiger partial charge in [0.25, 0.3) is 0 Å². The van der Waals surface area contributed by atoms with E-state index in [2.05, 4.69) is 53.5 Å². The fraction of sp³-hybridized carbons (Fsp3) is 0. The number of fused-ring (bicyclic) bond motifs is 3. The Morgan fingerprint density at radius 3 is 2.27 bits per heavy atom. The zero-order valence-electron chi connectivity index (χ0n) is 13.9. The molecule has 0 amide bonds. The van der Waals surface area contributed by atoms with E-state index in [-0.39, 0.29) is 0 Å². The zero-order chi connectivity index (χ0) is 17.5. The van der Waals surface area contributed by atoms with Crippen LogP contribution in [0.5, 0.6) is 0 Å². The maximum atomic E-state index is 6.06. The largest absolute Gasteiger partial charge is 0.353 e. The fourth-order valence-electron chi connectivity index (χ4n) is 3.41. The van der Waals surface area contributed by atoms with E-state index in [9.17, 15) is 0 Å². The maximum Gasteiger partial charge on any atom is 0.0971 e. The Balaban J connectivity index is 1.87. The molecule has 0 bridgehead atoms. The first-order valence-electron chi connectivity index (χ1n) is 8.52. The summed E-state index contributed by atoms with van der Waals surface area (Å²) in [6.07, 6.45) is 0. The molecule has 26 heavy (non-hydrogen) atoms. The van der Waals surface area contributed by atoms with Crippen LogP contribution in [0.1, 0.15) is 0 Å². The van der Waals surface area contributed by atoms with Gasteiger partial charge in [-0.25, -0.2) is 4.98 Å². The number of nitrogens with one attached hydrogen (secondary N) is 1. The quantitative estimate of drug-likeness (QED) is 0.375. The number of nitrogens with zero attached hydrogens (tertiary/aromatic N) is 1. The van der Waals surface area contributed by atoms with E-state index < -0.39 is 0 Å². The smallest absolute Gasteiger partial charge is 0.0971 e. The predicted octanol–water partition coefficient (Wildman–Crippen LogP) is 6.70. The minimum atomic E-state index is 0.727. The third kappa shape index (κ3) is 2.47. The fourth-order valence-corrected chi connectivity index (χ4v) is 3.54. The molecule has 0 spiro atoms. The molecule has 0 aliphatic rings. The van der Waals surface area contributed by atoms with Crippen LogP contribution in [-0.2, 0) is 0 Å². The average molecular weight is 355 g/mol. The van der Waals surface area contributed by atoms with Crippen LogP contribution in [0.2, 0.25) is 5.02 Å². The van der Waals surface area contributed by atoms with Gasteiger partial charge >= 0.3 is 0 Å². The van der Waals surface area contributed by atoms with Crippen molar-refractivity contribution >= 4 is 33.5 Å². The summed E-state index contributed by atoms with van der Waals surface area (Å²) >= 11 is 6.06. The van der Waals surface area contributed by atoms with E-state index in [1.807, 2.05) is 36.4 Å². The molecule has 2 aromatic heterocycles. The Kier molecular flexibility index (Phi) is 3.51. The summed E-state index contributed by atoms with van der Waals surface area (Å²) < 4.78 is 0. The van der Waals surface area contributed by atoms with Gasteiger partial charge in [0.05, 0.1) is 16.7 Å². The van der Waals surface area contributed by atoms with Crippen LogP contribution in [0.25, 0.3) is 44.3 Å². The number of hydrogen-bond acceptors (Lipinski definition) is 1. The number of rotatable bonds is 2. The van der Waals surface area contributed by atoms with Crippen LogP contribution in [0, 0.1) is 0 Å². The molecule has 124 valence electrons. The molecule has 0 radical (unpaired) electrons. The van der Waals surface area contributed by atoms with E-state index >= 15 is 0 Å². The first kappa shape index (κ1) is 15.2. The molecule has 0 aliphatic heterocycles. The van der Waals surface area contributed by atoms with Gasteiger partial charge in [-0.05, 0) is 29.8 Å². The van der Waals surface area contributed by atoms with Crippen LogP contribution in [0.15, 0.2) is 84.9 Å². The van der Waals surface area contributed by atoms with E-state index in [1.165, 1.54) is 5.56 Å². The van der Waals surface area contributed by atoms with Crippen molar-refractivity contribution in [1.29, 1.82) is 0 Å². The lowest BCUT2D eigenvalue weighted by Gasteiger charge is -2.08. The van der Waals surface area contributed by atoms with Gasteiger partial charge in [-0.3, -0.25) is 0 Å². The van der Waals surface area contributed by atoms with Gasteiger partial charge in [-0.15, -0.1) is 0 Å². The Hall–Kier alpha value is -3.10. The maximum absolute atomic E-state index is 6.06. The molecule has 2 heterocycles. The van der Waals surface area contributed by atoms with E-state index in [0.717, 1.165) is 43.8 Å². The molecule has 0 saturated carbocycles. The highest BCUT2D eigenvalue weighted by Gasteiger charge is 2.14. The highest BCUT2D eigenvalue weighted by atomic mass is 35.5. The number of halogens is 1. The third-order valence-corrected chi connectivity index (χ3v) is 4.94. The molecule has 0 fully saturated rings. The number of H-pyrrole nitrogens is 1. The molecule has 0 aliphatic carbocycles. The second-order valence-electron chi connectivity index (χ2n) is 6.32. The molecule has 3 heteroatoms. The Morgan fingerprint density at radius 2 is 1.46 bits per heavy atom. The van der Waals surface area contributed by atoms with Crippen molar-refractivity contribution < 1.29 is 0 Å². The normalized spacial score (nSPS) is 11.3. The first-order chi connectivity index (χ1) is 12.8. The lowest BCUT2D eigenvalue weighted by atomic mass is 10.0. The predicted molar refractivity (Wildman–Crippen MR) is 109 cm³/mol. The van der Waals surface area contributed by atoms with Crippen molar-refractivity contribution in [1.82, 2.24) is 9.97 Å². The zero-order valence-corrected chi connectivity index (χ0v) is 14.7. The Morgan fingerprint density at radius 1 is 0.731 bits per heavy atom. The van der Waals surface area contributed by atoms with Crippen LogP contribution < -0.4 is 0 Å². The number of aromatic amines is 1. The van der Waals surface area contributed by atoms with Crippen molar-refractivity contribution in [2.45, 2.75) is 0 Å². The average Bonchev–Trinajstić information content (AvgIpc) is 3.07. The van der Waals surface area contributed by atoms with Crippen LogP contribution in [0.3, 0.4) is 0 Å². The van der Waals surface area contributed by atoms with Crippen LogP contribution in [-0.4, -0.2) is 9.97 Å². The number of aromatic nitrogens is 2. The van der Waals surface area contributed by atoms with Crippen LogP contribution in [0.4, 0.5) is 0 Å². The highest BCUT2D eigenvalue weighted by molar-refractivity contribution is 6.30. The monoisotopic (exact) mass is 354 g/mol. The topological polar surface area (TPSA) is 28.7 Å². The summed E-state index contributed by atoms with van der Waals surface area (Å²) in [5.74, 6) is 0. The van der Waals surface area contributed by atoms with Crippen molar-refractivity contribution in [3.8, 4) is 22.4 Å². The standard InChI is InChI=1S/C23H15ClN2/c24-17-12-10-16(11-13-17)21-14-19(15-6-2-1-3-7-15)23-22(26-21)18-8-4-5-9-20(18)25-23/h1-14,25H. The van der Waals surface area contributed by atoms with Crippen molar-refractivity contribution in [3.63, 3.8) is 0 Å². The minimum Gasteiger partial charge on any atom is -0.353 e. The minimum absolute atomic E-state index is 0.727. The van der Waals surface area contributed by atoms with Crippen molar-refractivity contribution in [2.24, 2.45) is 0 Å². The molecule has 0 atom stereocenters. The SMILES string of the molecule is Clc1ccc(-c2cc(-c3ccccc3)c3[nH]c4ccccc4c3n2)cc1.